The third-order valence-electron chi connectivity index (χ3n) is 5.24. The van der Waals surface area contributed by atoms with Crippen molar-refractivity contribution in [1.29, 1.82) is 0 Å². The van der Waals surface area contributed by atoms with Gasteiger partial charge in [-0.2, -0.15) is 0 Å². The van der Waals surface area contributed by atoms with E-state index in [0.717, 1.165) is 5.56 Å². The molecular weight excluding hydrogens is 402 g/mol. The van der Waals surface area contributed by atoms with Gasteiger partial charge < -0.3 is 9.84 Å². The van der Waals surface area contributed by atoms with Gasteiger partial charge >= 0.3 is 5.97 Å². The number of aliphatic carboxylic acids is 1. The second-order valence-electron chi connectivity index (χ2n) is 8.82. The average molecular weight is 432 g/mol. The van der Waals surface area contributed by atoms with Crippen LogP contribution in [-0.2, 0) is 25.9 Å². The highest BCUT2D eigenvalue weighted by molar-refractivity contribution is 7.92. The average Bonchev–Trinajstić information content (AvgIpc) is 2.64. The van der Waals surface area contributed by atoms with Crippen molar-refractivity contribution in [3.05, 3.63) is 65.7 Å². The Morgan fingerprint density at radius 2 is 1.73 bits per heavy atom. The van der Waals surface area contributed by atoms with Crippen LogP contribution in [0.2, 0.25) is 0 Å². The molecule has 0 amide bonds. The second kappa shape index (κ2) is 8.40. The summed E-state index contributed by atoms with van der Waals surface area (Å²) in [6.07, 6.45) is -0.472. The van der Waals surface area contributed by atoms with Crippen LogP contribution in [0.15, 0.2) is 54.6 Å². The first-order chi connectivity index (χ1) is 14.0. The molecule has 0 aliphatic carbocycles. The minimum absolute atomic E-state index is 0.0760. The first-order valence-electron chi connectivity index (χ1n) is 10.0. The SMILES string of the molecule is CC(C)(C)Oc1ccc(C2(CC(=O)O)CN(Cc3ccccc3)CCS2(=O)=O)cc1. The van der Waals surface area contributed by atoms with Crippen molar-refractivity contribution in [2.75, 3.05) is 18.8 Å². The third-order valence-corrected chi connectivity index (χ3v) is 7.66. The first-order valence-corrected chi connectivity index (χ1v) is 11.7. The van der Waals surface area contributed by atoms with Crippen molar-refractivity contribution in [1.82, 2.24) is 4.90 Å². The highest BCUT2D eigenvalue weighted by Gasteiger charge is 2.50. The van der Waals surface area contributed by atoms with E-state index in [2.05, 4.69) is 0 Å². The number of hydrogen-bond donors (Lipinski definition) is 1. The Balaban J connectivity index is 1.97. The predicted octanol–water partition coefficient (Wildman–Crippen LogP) is 3.46. The normalized spacial score (nSPS) is 21.8. The van der Waals surface area contributed by atoms with Crippen molar-refractivity contribution in [3.63, 3.8) is 0 Å². The number of carboxylic acid groups (broad SMARTS) is 1. The van der Waals surface area contributed by atoms with Gasteiger partial charge in [-0.1, -0.05) is 42.5 Å². The van der Waals surface area contributed by atoms with E-state index >= 15 is 0 Å². The fourth-order valence-electron chi connectivity index (χ4n) is 3.92. The van der Waals surface area contributed by atoms with Crippen LogP contribution < -0.4 is 4.74 Å². The third kappa shape index (κ3) is 5.02. The zero-order chi connectivity index (χ0) is 22.0. The van der Waals surface area contributed by atoms with Gasteiger partial charge in [0.25, 0.3) is 0 Å². The molecule has 2 aromatic carbocycles. The Hall–Kier alpha value is -2.38. The van der Waals surface area contributed by atoms with Gasteiger partial charge in [-0.25, -0.2) is 8.42 Å². The van der Waals surface area contributed by atoms with E-state index < -0.39 is 27.0 Å². The monoisotopic (exact) mass is 431 g/mol. The lowest BCUT2D eigenvalue weighted by Gasteiger charge is -2.42. The standard InChI is InChI=1S/C23H29NO5S/c1-22(2,3)29-20-11-9-19(10-12-20)23(15-21(25)26)17-24(13-14-30(23,27)28)16-18-7-5-4-6-8-18/h4-12H,13-17H2,1-3H3,(H,25,26). The Labute approximate surface area is 178 Å². The molecule has 6 nitrogen and oxygen atoms in total. The molecule has 1 N–H and O–H groups in total. The summed E-state index contributed by atoms with van der Waals surface area (Å²) in [5.41, 5.74) is 1.17. The lowest BCUT2D eigenvalue weighted by molar-refractivity contribution is -0.138. The van der Waals surface area contributed by atoms with Gasteiger partial charge in [0.15, 0.2) is 9.84 Å². The minimum Gasteiger partial charge on any atom is -0.488 e. The summed E-state index contributed by atoms with van der Waals surface area (Å²) in [6.45, 7) is 6.88. The molecule has 0 bridgehead atoms. The van der Waals surface area contributed by atoms with Gasteiger partial charge in [-0.05, 0) is 44.0 Å². The molecular formula is C23H29NO5S. The van der Waals surface area contributed by atoms with Crippen molar-refractivity contribution in [2.24, 2.45) is 0 Å². The Bertz CT molecular complexity index is 981. The summed E-state index contributed by atoms with van der Waals surface area (Å²) >= 11 is 0. The summed E-state index contributed by atoms with van der Waals surface area (Å²) in [5.74, 6) is -0.589. The van der Waals surface area contributed by atoms with Crippen LogP contribution in [0, 0.1) is 0 Å². The van der Waals surface area contributed by atoms with Crippen LogP contribution in [-0.4, -0.2) is 48.8 Å². The molecule has 0 saturated carbocycles. The van der Waals surface area contributed by atoms with E-state index in [1.165, 1.54) is 0 Å². The van der Waals surface area contributed by atoms with Crippen LogP contribution in [0.3, 0.4) is 0 Å². The molecule has 1 aliphatic heterocycles. The maximum atomic E-state index is 13.2. The smallest absolute Gasteiger partial charge is 0.305 e. The number of carboxylic acids is 1. The maximum absolute atomic E-state index is 13.2. The summed E-state index contributed by atoms with van der Waals surface area (Å²) in [7, 11) is -3.67. The summed E-state index contributed by atoms with van der Waals surface area (Å²) in [5, 5.41) is 9.60. The number of sulfone groups is 1. The molecule has 2 aromatic rings. The van der Waals surface area contributed by atoms with Gasteiger partial charge in [0, 0.05) is 19.6 Å². The molecule has 162 valence electrons. The summed E-state index contributed by atoms with van der Waals surface area (Å²) in [4.78, 5) is 13.8. The number of carbonyl (C=O) groups is 1. The Morgan fingerprint density at radius 3 is 2.30 bits per heavy atom. The number of hydrogen-bond acceptors (Lipinski definition) is 5. The van der Waals surface area contributed by atoms with Crippen molar-refractivity contribution >= 4 is 15.8 Å². The molecule has 1 atom stereocenters. The van der Waals surface area contributed by atoms with Gasteiger partial charge in [0.1, 0.15) is 16.1 Å². The fourth-order valence-corrected chi connectivity index (χ4v) is 6.03. The van der Waals surface area contributed by atoms with E-state index in [9.17, 15) is 18.3 Å². The minimum atomic E-state index is -3.67. The fraction of sp³-hybridized carbons (Fsp3) is 0.435. The summed E-state index contributed by atoms with van der Waals surface area (Å²) in [6, 6.07) is 16.6. The van der Waals surface area contributed by atoms with E-state index in [4.69, 9.17) is 4.74 Å². The topological polar surface area (TPSA) is 83.9 Å². The van der Waals surface area contributed by atoms with Gasteiger partial charge in [0.05, 0.1) is 12.2 Å². The number of ether oxygens (including phenoxy) is 1. The maximum Gasteiger partial charge on any atom is 0.305 e. The predicted molar refractivity (Wildman–Crippen MR) is 116 cm³/mol. The zero-order valence-corrected chi connectivity index (χ0v) is 18.5. The van der Waals surface area contributed by atoms with Crippen molar-refractivity contribution in [2.45, 2.75) is 44.1 Å². The van der Waals surface area contributed by atoms with Crippen molar-refractivity contribution in [3.8, 4) is 5.75 Å². The molecule has 1 aliphatic rings. The van der Waals surface area contributed by atoms with Crippen LogP contribution in [0.4, 0.5) is 0 Å². The molecule has 1 saturated heterocycles. The molecule has 7 heteroatoms. The van der Waals surface area contributed by atoms with Crippen LogP contribution in [0.1, 0.15) is 38.3 Å². The molecule has 0 aromatic heterocycles. The van der Waals surface area contributed by atoms with E-state index in [1.807, 2.05) is 56.0 Å². The Kier molecular flexibility index (Phi) is 6.24. The highest BCUT2D eigenvalue weighted by Crippen LogP contribution is 2.40. The molecule has 1 fully saturated rings. The zero-order valence-electron chi connectivity index (χ0n) is 17.7. The largest absolute Gasteiger partial charge is 0.488 e. The van der Waals surface area contributed by atoms with Gasteiger partial charge in [-0.3, -0.25) is 9.69 Å². The first kappa shape index (κ1) is 22.3. The number of rotatable bonds is 6. The summed E-state index contributed by atoms with van der Waals surface area (Å²) < 4.78 is 30.8. The highest BCUT2D eigenvalue weighted by atomic mass is 32.2. The molecule has 3 rings (SSSR count). The van der Waals surface area contributed by atoms with Crippen LogP contribution in [0.5, 0.6) is 5.75 Å². The lowest BCUT2D eigenvalue weighted by Crippen LogP contribution is -2.54. The Morgan fingerprint density at radius 1 is 1.10 bits per heavy atom. The van der Waals surface area contributed by atoms with Gasteiger partial charge in [-0.15, -0.1) is 0 Å². The quantitative estimate of drug-likeness (QED) is 0.754. The second-order valence-corrected chi connectivity index (χ2v) is 11.2. The molecule has 0 radical (unpaired) electrons. The molecule has 0 spiro atoms. The molecule has 1 unspecified atom stereocenters. The number of nitrogens with zero attached hydrogens (tertiary/aromatic N) is 1. The van der Waals surface area contributed by atoms with Crippen molar-refractivity contribution < 1.29 is 23.1 Å². The van der Waals surface area contributed by atoms with Crippen LogP contribution >= 0.6 is 0 Å². The molecule has 1 heterocycles. The van der Waals surface area contributed by atoms with E-state index in [1.54, 1.807) is 24.3 Å². The van der Waals surface area contributed by atoms with E-state index in [-0.39, 0.29) is 17.9 Å². The molecule has 30 heavy (non-hydrogen) atoms. The lowest BCUT2D eigenvalue weighted by atomic mass is 9.93. The van der Waals surface area contributed by atoms with Crippen LogP contribution in [0.25, 0.3) is 0 Å². The van der Waals surface area contributed by atoms with E-state index in [0.29, 0.717) is 24.4 Å². The van der Waals surface area contributed by atoms with Gasteiger partial charge in [0.2, 0.25) is 0 Å². The number of benzene rings is 2.